The molecular formula is C16H24ClN. The minimum Gasteiger partial charge on any atom is -0.289 e. The van der Waals surface area contributed by atoms with Crippen LogP contribution in [0.25, 0.3) is 0 Å². The lowest BCUT2D eigenvalue weighted by Gasteiger charge is -2.53. The van der Waals surface area contributed by atoms with E-state index in [-0.39, 0.29) is 11.1 Å². The Morgan fingerprint density at radius 2 is 1.72 bits per heavy atom. The van der Waals surface area contributed by atoms with E-state index in [9.17, 15) is 0 Å². The number of nitrogens with zero attached hydrogens (tertiary/aromatic N) is 1. The number of hydrogen-bond donors (Lipinski definition) is 0. The molecule has 0 atom stereocenters. The Balaban J connectivity index is 2.24. The van der Waals surface area contributed by atoms with Crippen LogP contribution in [0.4, 0.5) is 0 Å². The standard InChI is InChI=1S/C16H24ClN/c1-15(2)9-6-10-16(3,4)18(15)12-13-7-5-8-14(17)11-13/h5,7-8,11H,6,9-10,12H2,1-4H3. The van der Waals surface area contributed by atoms with Crippen molar-refractivity contribution in [1.29, 1.82) is 0 Å². The van der Waals surface area contributed by atoms with E-state index in [4.69, 9.17) is 11.6 Å². The minimum atomic E-state index is 0.268. The van der Waals surface area contributed by atoms with Crippen molar-refractivity contribution in [2.75, 3.05) is 0 Å². The summed E-state index contributed by atoms with van der Waals surface area (Å²) in [6, 6.07) is 8.24. The van der Waals surface area contributed by atoms with Crippen molar-refractivity contribution in [3.63, 3.8) is 0 Å². The summed E-state index contributed by atoms with van der Waals surface area (Å²) in [5.74, 6) is 0. The van der Waals surface area contributed by atoms with Crippen molar-refractivity contribution in [3.05, 3.63) is 34.9 Å². The van der Waals surface area contributed by atoms with Gasteiger partial charge in [0.25, 0.3) is 0 Å². The zero-order valence-corrected chi connectivity index (χ0v) is 12.7. The van der Waals surface area contributed by atoms with E-state index in [1.165, 1.54) is 24.8 Å². The van der Waals surface area contributed by atoms with Crippen LogP contribution in [0.2, 0.25) is 5.02 Å². The van der Waals surface area contributed by atoms with Gasteiger partial charge in [0.15, 0.2) is 0 Å². The lowest BCUT2D eigenvalue weighted by molar-refractivity contribution is -0.0340. The molecule has 1 aromatic rings. The van der Waals surface area contributed by atoms with E-state index in [0.29, 0.717) is 0 Å². The van der Waals surface area contributed by atoms with E-state index in [2.05, 4.69) is 44.7 Å². The van der Waals surface area contributed by atoms with Crippen LogP contribution < -0.4 is 0 Å². The quantitative estimate of drug-likeness (QED) is 0.736. The van der Waals surface area contributed by atoms with Crippen molar-refractivity contribution in [3.8, 4) is 0 Å². The second-order valence-corrected chi connectivity index (χ2v) is 7.13. The molecule has 18 heavy (non-hydrogen) atoms. The summed E-state index contributed by atoms with van der Waals surface area (Å²) in [6.07, 6.45) is 3.88. The van der Waals surface area contributed by atoms with Crippen molar-refractivity contribution >= 4 is 11.6 Å². The third-order valence-electron chi connectivity index (χ3n) is 4.27. The molecule has 1 saturated heterocycles. The van der Waals surface area contributed by atoms with Gasteiger partial charge in [0.1, 0.15) is 0 Å². The Kier molecular flexibility index (Phi) is 3.75. The molecule has 0 N–H and O–H groups in total. The van der Waals surface area contributed by atoms with Gasteiger partial charge >= 0.3 is 0 Å². The van der Waals surface area contributed by atoms with Gasteiger partial charge in [0.2, 0.25) is 0 Å². The summed E-state index contributed by atoms with van der Waals surface area (Å²) in [7, 11) is 0. The van der Waals surface area contributed by atoms with Gasteiger partial charge in [-0.3, -0.25) is 4.90 Å². The highest BCUT2D eigenvalue weighted by Crippen LogP contribution is 2.39. The molecule has 1 heterocycles. The van der Waals surface area contributed by atoms with Crippen molar-refractivity contribution in [1.82, 2.24) is 4.90 Å². The molecule has 0 radical (unpaired) electrons. The van der Waals surface area contributed by atoms with Crippen LogP contribution in [0.1, 0.15) is 52.5 Å². The third-order valence-corrected chi connectivity index (χ3v) is 4.50. The average Bonchev–Trinajstić information content (AvgIpc) is 2.23. The third kappa shape index (κ3) is 2.89. The topological polar surface area (TPSA) is 3.24 Å². The maximum absolute atomic E-state index is 6.09. The van der Waals surface area contributed by atoms with E-state index in [1.54, 1.807) is 0 Å². The molecule has 1 aliphatic heterocycles. The molecule has 0 amide bonds. The minimum absolute atomic E-state index is 0.268. The molecule has 1 aliphatic rings. The lowest BCUT2D eigenvalue weighted by atomic mass is 9.79. The van der Waals surface area contributed by atoms with Gasteiger partial charge in [-0.1, -0.05) is 23.7 Å². The Labute approximate surface area is 116 Å². The molecule has 0 saturated carbocycles. The maximum atomic E-state index is 6.09. The molecule has 0 aliphatic carbocycles. The van der Waals surface area contributed by atoms with Gasteiger partial charge in [0, 0.05) is 22.6 Å². The smallest absolute Gasteiger partial charge is 0.0409 e. The Hall–Kier alpha value is -0.530. The first-order valence-electron chi connectivity index (χ1n) is 6.83. The molecule has 1 nitrogen and oxygen atoms in total. The van der Waals surface area contributed by atoms with Crippen LogP contribution in [0.15, 0.2) is 24.3 Å². The number of hydrogen-bond acceptors (Lipinski definition) is 1. The molecular weight excluding hydrogens is 242 g/mol. The highest BCUT2D eigenvalue weighted by atomic mass is 35.5. The first-order chi connectivity index (χ1) is 8.31. The van der Waals surface area contributed by atoms with E-state index in [1.807, 2.05) is 12.1 Å². The van der Waals surface area contributed by atoms with Crippen LogP contribution in [0, 0.1) is 0 Å². The summed E-state index contributed by atoms with van der Waals surface area (Å²) in [6.45, 7) is 10.4. The number of benzene rings is 1. The molecule has 1 fully saturated rings. The zero-order valence-electron chi connectivity index (χ0n) is 12.0. The van der Waals surface area contributed by atoms with E-state index >= 15 is 0 Å². The zero-order chi connectivity index (χ0) is 13.4. The predicted octanol–water partition coefficient (Wildman–Crippen LogP) is 4.88. The van der Waals surface area contributed by atoms with E-state index < -0.39 is 0 Å². The Bertz CT molecular complexity index is 407. The average molecular weight is 266 g/mol. The lowest BCUT2D eigenvalue weighted by Crippen LogP contribution is -2.57. The Morgan fingerprint density at radius 1 is 1.11 bits per heavy atom. The number of rotatable bonds is 2. The van der Waals surface area contributed by atoms with Gasteiger partial charge in [-0.2, -0.15) is 0 Å². The number of likely N-dealkylation sites (tertiary alicyclic amines) is 1. The molecule has 0 bridgehead atoms. The van der Waals surface area contributed by atoms with E-state index in [0.717, 1.165) is 11.6 Å². The van der Waals surface area contributed by atoms with Crippen LogP contribution in [-0.2, 0) is 6.54 Å². The number of piperidine rings is 1. The molecule has 100 valence electrons. The normalized spacial score (nSPS) is 22.9. The van der Waals surface area contributed by atoms with Gasteiger partial charge in [0.05, 0.1) is 0 Å². The predicted molar refractivity (Wildman–Crippen MR) is 79.0 cm³/mol. The number of halogens is 1. The fourth-order valence-electron chi connectivity index (χ4n) is 3.29. The maximum Gasteiger partial charge on any atom is 0.0409 e. The summed E-state index contributed by atoms with van der Waals surface area (Å²) < 4.78 is 0. The van der Waals surface area contributed by atoms with Gasteiger partial charge in [-0.25, -0.2) is 0 Å². The van der Waals surface area contributed by atoms with Crippen LogP contribution in [-0.4, -0.2) is 16.0 Å². The molecule has 0 aromatic heterocycles. The van der Waals surface area contributed by atoms with Gasteiger partial charge in [-0.15, -0.1) is 0 Å². The van der Waals surface area contributed by atoms with Crippen LogP contribution in [0.3, 0.4) is 0 Å². The van der Waals surface area contributed by atoms with Crippen molar-refractivity contribution in [2.45, 2.75) is 64.6 Å². The summed E-state index contributed by atoms with van der Waals surface area (Å²) in [5, 5.41) is 0.833. The molecule has 2 rings (SSSR count). The molecule has 0 spiro atoms. The second kappa shape index (κ2) is 4.86. The fourth-order valence-corrected chi connectivity index (χ4v) is 3.50. The molecule has 0 unspecified atom stereocenters. The fraction of sp³-hybridized carbons (Fsp3) is 0.625. The molecule has 1 aromatic carbocycles. The summed E-state index contributed by atoms with van der Waals surface area (Å²) >= 11 is 6.09. The SMILES string of the molecule is CC1(C)CCCC(C)(C)N1Cc1cccc(Cl)c1. The largest absolute Gasteiger partial charge is 0.289 e. The van der Waals surface area contributed by atoms with Gasteiger partial charge in [-0.05, 0) is 64.7 Å². The monoisotopic (exact) mass is 265 g/mol. The highest BCUT2D eigenvalue weighted by Gasteiger charge is 2.40. The Morgan fingerprint density at radius 3 is 2.28 bits per heavy atom. The van der Waals surface area contributed by atoms with Crippen molar-refractivity contribution < 1.29 is 0 Å². The highest BCUT2D eigenvalue weighted by molar-refractivity contribution is 6.30. The van der Waals surface area contributed by atoms with Gasteiger partial charge < -0.3 is 0 Å². The molecule has 2 heteroatoms. The van der Waals surface area contributed by atoms with Crippen LogP contribution >= 0.6 is 11.6 Å². The van der Waals surface area contributed by atoms with Crippen molar-refractivity contribution in [2.24, 2.45) is 0 Å². The second-order valence-electron chi connectivity index (χ2n) is 6.69. The first-order valence-corrected chi connectivity index (χ1v) is 7.21. The first kappa shape index (κ1) is 13.9. The summed E-state index contributed by atoms with van der Waals surface area (Å²) in [5.41, 5.74) is 1.85. The van der Waals surface area contributed by atoms with Crippen LogP contribution in [0.5, 0.6) is 0 Å². The summed E-state index contributed by atoms with van der Waals surface area (Å²) in [4.78, 5) is 2.63.